The van der Waals surface area contributed by atoms with E-state index in [0.29, 0.717) is 18.7 Å². The standard InChI is InChI=1S/C14H19NO2/c1-4-15(5-2)17-14(16)12(3)11-13-9-7-6-8-10-13/h6-11H,4-5H2,1-3H3. The van der Waals surface area contributed by atoms with E-state index in [1.807, 2.05) is 50.3 Å². The number of hydroxylamine groups is 2. The van der Waals surface area contributed by atoms with Gasteiger partial charge < -0.3 is 4.84 Å². The van der Waals surface area contributed by atoms with Crippen LogP contribution < -0.4 is 0 Å². The van der Waals surface area contributed by atoms with Crippen molar-refractivity contribution >= 4 is 12.0 Å². The molecule has 0 aliphatic rings. The minimum Gasteiger partial charge on any atom is -0.364 e. The molecule has 0 N–H and O–H groups in total. The Labute approximate surface area is 103 Å². The molecule has 0 atom stereocenters. The number of carbonyl (C=O) groups excluding carboxylic acids is 1. The van der Waals surface area contributed by atoms with Crippen molar-refractivity contribution in [3.8, 4) is 0 Å². The molecule has 0 aliphatic carbocycles. The minimum absolute atomic E-state index is 0.294. The Bertz CT molecular complexity index is 380. The van der Waals surface area contributed by atoms with E-state index in [9.17, 15) is 4.79 Å². The summed E-state index contributed by atoms with van der Waals surface area (Å²) in [4.78, 5) is 17.0. The van der Waals surface area contributed by atoms with Gasteiger partial charge in [-0.2, -0.15) is 0 Å². The van der Waals surface area contributed by atoms with Crippen LogP contribution in [0.3, 0.4) is 0 Å². The molecule has 0 unspecified atom stereocenters. The lowest BCUT2D eigenvalue weighted by molar-refractivity contribution is -0.183. The zero-order valence-electron chi connectivity index (χ0n) is 10.6. The minimum atomic E-state index is -0.294. The van der Waals surface area contributed by atoms with E-state index in [-0.39, 0.29) is 5.97 Å². The molecule has 92 valence electrons. The number of rotatable bonds is 5. The maximum atomic E-state index is 11.7. The second-order valence-electron chi connectivity index (χ2n) is 3.73. The first-order chi connectivity index (χ1) is 8.17. The predicted octanol–water partition coefficient (Wildman–Crippen LogP) is 2.89. The average molecular weight is 233 g/mol. The smallest absolute Gasteiger partial charge is 0.352 e. The second kappa shape index (κ2) is 6.86. The molecule has 1 rings (SSSR count). The van der Waals surface area contributed by atoms with Crippen molar-refractivity contribution in [1.29, 1.82) is 0 Å². The van der Waals surface area contributed by atoms with Crippen LogP contribution in [0.2, 0.25) is 0 Å². The number of hydrogen-bond donors (Lipinski definition) is 0. The van der Waals surface area contributed by atoms with E-state index in [1.165, 1.54) is 0 Å². The maximum Gasteiger partial charge on any atom is 0.352 e. The summed E-state index contributed by atoms with van der Waals surface area (Å²) in [6, 6.07) is 9.73. The van der Waals surface area contributed by atoms with Gasteiger partial charge in [-0.25, -0.2) is 4.79 Å². The Kier molecular flexibility index (Phi) is 5.43. The molecule has 0 aromatic heterocycles. The molecule has 0 saturated heterocycles. The Balaban J connectivity index is 2.66. The van der Waals surface area contributed by atoms with E-state index < -0.39 is 0 Å². The van der Waals surface area contributed by atoms with Gasteiger partial charge in [0, 0.05) is 18.7 Å². The summed E-state index contributed by atoms with van der Waals surface area (Å²) in [6.45, 7) is 7.06. The molecule has 0 fully saturated rings. The van der Waals surface area contributed by atoms with Crippen LogP contribution in [0.25, 0.3) is 6.08 Å². The van der Waals surface area contributed by atoms with Crippen LogP contribution in [-0.2, 0) is 9.63 Å². The lowest BCUT2D eigenvalue weighted by Crippen LogP contribution is -2.27. The lowest BCUT2D eigenvalue weighted by atomic mass is 10.1. The molecule has 0 saturated carbocycles. The van der Waals surface area contributed by atoms with Crippen LogP contribution in [0.15, 0.2) is 35.9 Å². The third-order valence-electron chi connectivity index (χ3n) is 2.42. The quantitative estimate of drug-likeness (QED) is 0.578. The molecule has 3 heteroatoms. The van der Waals surface area contributed by atoms with Crippen LogP contribution in [-0.4, -0.2) is 24.1 Å². The number of nitrogens with zero attached hydrogens (tertiary/aromatic N) is 1. The summed E-state index contributed by atoms with van der Waals surface area (Å²) in [5, 5.41) is 1.63. The van der Waals surface area contributed by atoms with E-state index in [0.717, 1.165) is 5.56 Å². The topological polar surface area (TPSA) is 29.5 Å². The van der Waals surface area contributed by atoms with Crippen LogP contribution in [0, 0.1) is 0 Å². The van der Waals surface area contributed by atoms with Crippen LogP contribution >= 0.6 is 0 Å². The summed E-state index contributed by atoms with van der Waals surface area (Å²) in [5.74, 6) is -0.294. The first kappa shape index (κ1) is 13.5. The highest BCUT2D eigenvalue weighted by Gasteiger charge is 2.10. The molecule has 3 nitrogen and oxygen atoms in total. The molecule has 0 radical (unpaired) electrons. The molecule has 0 amide bonds. The Morgan fingerprint density at radius 1 is 1.24 bits per heavy atom. The van der Waals surface area contributed by atoms with E-state index in [4.69, 9.17) is 4.84 Å². The van der Waals surface area contributed by atoms with Crippen molar-refractivity contribution < 1.29 is 9.63 Å². The molecular weight excluding hydrogens is 214 g/mol. The monoisotopic (exact) mass is 233 g/mol. The predicted molar refractivity (Wildman–Crippen MR) is 69.1 cm³/mol. The molecule has 0 heterocycles. The van der Waals surface area contributed by atoms with Gasteiger partial charge in [0.2, 0.25) is 0 Å². The van der Waals surface area contributed by atoms with Gasteiger partial charge in [-0.05, 0) is 32.4 Å². The summed E-state index contributed by atoms with van der Waals surface area (Å²) < 4.78 is 0. The van der Waals surface area contributed by atoms with Crippen LogP contribution in [0.5, 0.6) is 0 Å². The summed E-state index contributed by atoms with van der Waals surface area (Å²) in [7, 11) is 0. The molecule has 17 heavy (non-hydrogen) atoms. The molecule has 1 aromatic carbocycles. The molecular formula is C14H19NO2. The van der Waals surface area contributed by atoms with Crippen molar-refractivity contribution in [1.82, 2.24) is 5.06 Å². The van der Waals surface area contributed by atoms with Gasteiger partial charge in [0.25, 0.3) is 0 Å². The fraction of sp³-hybridized carbons (Fsp3) is 0.357. The van der Waals surface area contributed by atoms with Gasteiger partial charge in [0.05, 0.1) is 0 Å². The third-order valence-corrected chi connectivity index (χ3v) is 2.42. The van der Waals surface area contributed by atoms with Crippen molar-refractivity contribution in [3.63, 3.8) is 0 Å². The molecule has 1 aromatic rings. The zero-order valence-corrected chi connectivity index (χ0v) is 10.6. The fourth-order valence-electron chi connectivity index (χ4n) is 1.40. The first-order valence-corrected chi connectivity index (χ1v) is 5.88. The van der Waals surface area contributed by atoms with Crippen molar-refractivity contribution in [2.24, 2.45) is 0 Å². The van der Waals surface area contributed by atoms with Crippen LogP contribution in [0.4, 0.5) is 0 Å². The normalized spacial score (nSPS) is 11.6. The third kappa shape index (κ3) is 4.41. The zero-order chi connectivity index (χ0) is 12.7. The van der Waals surface area contributed by atoms with E-state index >= 15 is 0 Å². The van der Waals surface area contributed by atoms with Gasteiger partial charge in [0.1, 0.15) is 0 Å². The van der Waals surface area contributed by atoms with Gasteiger partial charge in [-0.15, -0.1) is 5.06 Å². The fourth-order valence-corrected chi connectivity index (χ4v) is 1.40. The second-order valence-corrected chi connectivity index (χ2v) is 3.73. The highest BCUT2D eigenvalue weighted by Crippen LogP contribution is 2.08. The number of benzene rings is 1. The highest BCUT2D eigenvalue weighted by atomic mass is 16.7. The van der Waals surface area contributed by atoms with Gasteiger partial charge >= 0.3 is 5.97 Å². The largest absolute Gasteiger partial charge is 0.364 e. The summed E-state index contributed by atoms with van der Waals surface area (Å²) in [6.07, 6.45) is 1.83. The summed E-state index contributed by atoms with van der Waals surface area (Å²) >= 11 is 0. The van der Waals surface area contributed by atoms with E-state index in [2.05, 4.69) is 0 Å². The maximum absolute atomic E-state index is 11.7. The molecule has 0 bridgehead atoms. The number of hydrogen-bond acceptors (Lipinski definition) is 3. The van der Waals surface area contributed by atoms with Crippen molar-refractivity contribution in [2.75, 3.05) is 13.1 Å². The van der Waals surface area contributed by atoms with E-state index in [1.54, 1.807) is 12.0 Å². The Morgan fingerprint density at radius 2 is 1.82 bits per heavy atom. The van der Waals surface area contributed by atoms with Crippen LogP contribution in [0.1, 0.15) is 26.3 Å². The summed E-state index contributed by atoms with van der Waals surface area (Å²) in [5.41, 5.74) is 1.60. The average Bonchev–Trinajstić information content (AvgIpc) is 2.36. The molecule has 0 spiro atoms. The number of carbonyl (C=O) groups is 1. The van der Waals surface area contributed by atoms with Gasteiger partial charge in [-0.1, -0.05) is 30.3 Å². The SMILES string of the molecule is CCN(CC)OC(=O)C(C)=Cc1ccccc1. The lowest BCUT2D eigenvalue weighted by Gasteiger charge is -2.17. The molecule has 0 aliphatic heterocycles. The Hall–Kier alpha value is -1.61. The van der Waals surface area contributed by atoms with Crippen molar-refractivity contribution in [3.05, 3.63) is 41.5 Å². The first-order valence-electron chi connectivity index (χ1n) is 5.88. The van der Waals surface area contributed by atoms with Gasteiger partial charge in [-0.3, -0.25) is 0 Å². The van der Waals surface area contributed by atoms with Crippen molar-refractivity contribution in [2.45, 2.75) is 20.8 Å². The van der Waals surface area contributed by atoms with Gasteiger partial charge in [0.15, 0.2) is 0 Å². The Morgan fingerprint density at radius 3 is 2.35 bits per heavy atom. The highest BCUT2D eigenvalue weighted by molar-refractivity contribution is 5.92.